The number of halogens is 2. The molecule has 0 saturated carbocycles. The summed E-state index contributed by atoms with van der Waals surface area (Å²) < 4.78 is 44.1. The Kier molecular flexibility index (Phi) is 15.0. The molecular formula is C47H54F2N16O4. The monoisotopic (exact) mass is 944 g/mol. The first-order valence-electron chi connectivity index (χ1n) is 22.3. The van der Waals surface area contributed by atoms with E-state index in [1.54, 1.807) is 48.8 Å². The van der Waals surface area contributed by atoms with E-state index in [1.165, 1.54) is 24.5 Å². The minimum absolute atomic E-state index is 0.141. The summed E-state index contributed by atoms with van der Waals surface area (Å²) in [6.45, 7) is 14.7. The minimum atomic E-state index is -1.46. The van der Waals surface area contributed by atoms with Crippen molar-refractivity contribution < 1.29 is 28.2 Å². The molecule has 0 bridgehead atoms. The maximum atomic E-state index is 14.8. The van der Waals surface area contributed by atoms with Gasteiger partial charge >= 0.3 is 0 Å². The second-order valence-corrected chi connectivity index (χ2v) is 18.4. The second kappa shape index (κ2) is 21.1. The number of benzene rings is 2. The molecule has 360 valence electrons. The number of carbonyl (C=O) groups excluding carboxylic acids is 1. The van der Waals surface area contributed by atoms with Crippen molar-refractivity contribution in [2.24, 2.45) is 0 Å². The number of nitriles is 2. The lowest BCUT2D eigenvalue weighted by atomic mass is 10.0. The summed E-state index contributed by atoms with van der Waals surface area (Å²) in [5, 5.41) is 46.7. The largest absolute Gasteiger partial charge is 0.486 e. The molecule has 0 spiro atoms. The van der Waals surface area contributed by atoms with Gasteiger partial charge in [-0.2, -0.15) is 30.7 Å². The van der Waals surface area contributed by atoms with Crippen molar-refractivity contribution in [2.75, 3.05) is 36.8 Å². The summed E-state index contributed by atoms with van der Waals surface area (Å²) >= 11 is 0. The van der Waals surface area contributed by atoms with Gasteiger partial charge < -0.3 is 35.4 Å². The zero-order chi connectivity index (χ0) is 49.5. The zero-order valence-corrected chi connectivity index (χ0v) is 39.3. The van der Waals surface area contributed by atoms with E-state index in [0.717, 1.165) is 11.4 Å². The highest BCUT2D eigenvalue weighted by atomic mass is 19.1. The highest BCUT2D eigenvalue weighted by molar-refractivity contribution is 5.80. The molecule has 0 aliphatic carbocycles. The van der Waals surface area contributed by atoms with Gasteiger partial charge in [-0.25, -0.2) is 28.7 Å². The highest BCUT2D eigenvalue weighted by Gasteiger charge is 2.35. The number of anilines is 4. The van der Waals surface area contributed by atoms with E-state index in [2.05, 4.69) is 89.0 Å². The van der Waals surface area contributed by atoms with Crippen LogP contribution in [0.3, 0.4) is 0 Å². The molecule has 2 aliphatic heterocycles. The number of nitrogens with zero attached hydrogens (tertiary/aromatic N) is 13. The fourth-order valence-electron chi connectivity index (χ4n) is 7.21. The van der Waals surface area contributed by atoms with E-state index in [-0.39, 0.29) is 48.4 Å². The Morgan fingerprint density at radius 3 is 1.70 bits per heavy atom. The number of hydrogen-bond donors (Lipinski definition) is 4. The van der Waals surface area contributed by atoms with Crippen LogP contribution < -0.4 is 25.4 Å². The highest BCUT2D eigenvalue weighted by Crippen LogP contribution is 2.30. The Balaban J connectivity index is 0.000000206. The van der Waals surface area contributed by atoms with Crippen LogP contribution in [0, 0.1) is 22.7 Å². The van der Waals surface area contributed by atoms with E-state index in [1.807, 2.05) is 42.5 Å². The lowest BCUT2D eigenvalue weighted by Crippen LogP contribution is -2.51. The van der Waals surface area contributed by atoms with Crippen LogP contribution in [0.15, 0.2) is 73.8 Å². The molecule has 2 saturated heterocycles. The molecule has 4 N–H and O–H groups in total. The van der Waals surface area contributed by atoms with Crippen LogP contribution in [-0.2, 0) is 15.9 Å². The lowest BCUT2D eigenvalue weighted by molar-refractivity contribution is -0.143. The van der Waals surface area contributed by atoms with Gasteiger partial charge in [0.25, 0.3) is 5.91 Å². The number of hydrogen-bond acceptors (Lipinski definition) is 17. The molecule has 2 aromatic carbocycles. The van der Waals surface area contributed by atoms with Crippen molar-refractivity contribution in [2.45, 2.75) is 103 Å². The van der Waals surface area contributed by atoms with Gasteiger partial charge in [0.2, 0.25) is 11.9 Å². The Bertz CT molecular complexity index is 2830. The van der Waals surface area contributed by atoms with Crippen LogP contribution in [0.5, 0.6) is 11.5 Å². The van der Waals surface area contributed by atoms with Crippen molar-refractivity contribution in [3.8, 4) is 46.4 Å². The topological polar surface area (TPSA) is 256 Å². The van der Waals surface area contributed by atoms with Crippen molar-refractivity contribution in [1.29, 1.82) is 10.5 Å². The van der Waals surface area contributed by atoms with Crippen LogP contribution in [0.25, 0.3) is 22.8 Å². The SMILES string of the molecule is CC(C)(C)n1cc(Nc2ncnc(-c3ccc(O[C@H]4CCNC[C@H]4F)c(C#N)c3)n2)cn1.C[C@H](O)C(=O)N1CC[C@H](Oc2ccc(-c3ncnc(Nc4cnn(C(C)(C)C)c4)n3)cc2C#N)[C@H](F)C1. The van der Waals surface area contributed by atoms with E-state index < -0.39 is 36.6 Å². The number of ether oxygens (including phenoxy) is 2. The van der Waals surface area contributed by atoms with Crippen molar-refractivity contribution >= 4 is 29.2 Å². The number of aliphatic hydroxyl groups excluding tert-OH is 1. The maximum Gasteiger partial charge on any atom is 0.251 e. The molecule has 6 aromatic rings. The number of aromatic nitrogens is 10. The molecule has 0 unspecified atom stereocenters. The van der Waals surface area contributed by atoms with Crippen molar-refractivity contribution in [3.05, 3.63) is 85.0 Å². The van der Waals surface area contributed by atoms with Crippen LogP contribution in [-0.4, -0.2) is 122 Å². The summed E-state index contributed by atoms with van der Waals surface area (Å²) in [7, 11) is 0. The standard InChI is InChI=1S/C25H29FN8O3.C22H25FN8O/c1-15(35)23(36)33-8-7-21(19(26)13-33)37-20-6-5-16(9-17(20)10-27)22-28-14-29-24(32-22)31-18-11-30-34(12-18)25(2,3)4;1-22(2,3)31-12-16(10-28-31)29-21-27-13-26-20(30-21)14-4-5-18(15(8-14)9-24)32-19-6-7-25-11-17(19)23/h5-6,9,11-12,14-15,19,21,35H,7-8,13H2,1-4H3,(H,28,29,31,32);4-5,8,10,12-13,17,19,25H,6-7,11H2,1-3H3,(H,26,27,29,30)/t15-,19+,21-;17-,19+/m01/s1. The third-order valence-electron chi connectivity index (χ3n) is 11.0. The van der Waals surface area contributed by atoms with Gasteiger partial charge in [0.1, 0.15) is 60.8 Å². The molecule has 1 amide bonds. The molecule has 6 heterocycles. The van der Waals surface area contributed by atoms with Crippen LogP contribution in [0.1, 0.15) is 72.4 Å². The normalized spacial score (nSPS) is 18.7. The first kappa shape index (κ1) is 49.2. The summed E-state index contributed by atoms with van der Waals surface area (Å²) in [6.07, 6.45) is 5.51. The maximum absolute atomic E-state index is 14.8. The Morgan fingerprint density at radius 2 is 1.28 bits per heavy atom. The predicted molar refractivity (Wildman–Crippen MR) is 250 cm³/mol. The number of amides is 1. The molecular weight excluding hydrogens is 891 g/mol. The molecule has 5 atom stereocenters. The molecule has 22 heteroatoms. The number of alkyl halides is 2. The summed E-state index contributed by atoms with van der Waals surface area (Å²) in [6, 6.07) is 14.1. The quantitative estimate of drug-likeness (QED) is 0.116. The molecule has 20 nitrogen and oxygen atoms in total. The Hall–Kier alpha value is -7.69. The molecule has 8 rings (SSSR count). The van der Waals surface area contributed by atoms with E-state index >= 15 is 0 Å². The second-order valence-electron chi connectivity index (χ2n) is 18.4. The molecule has 0 radical (unpaired) electrons. The van der Waals surface area contributed by atoms with Gasteiger partial charge in [-0.05, 0) is 97.8 Å². The average Bonchev–Trinajstić information content (AvgIpc) is 4.02. The first-order valence-corrected chi connectivity index (χ1v) is 22.3. The zero-order valence-electron chi connectivity index (χ0n) is 39.3. The molecule has 2 aliphatic rings. The van der Waals surface area contributed by atoms with E-state index in [4.69, 9.17) is 9.47 Å². The van der Waals surface area contributed by atoms with Gasteiger partial charge in [0.05, 0.1) is 52.5 Å². The number of piperidine rings is 2. The number of likely N-dealkylation sites (tertiary alicyclic amines) is 1. The predicted octanol–water partition coefficient (Wildman–Crippen LogP) is 5.99. The van der Waals surface area contributed by atoms with Gasteiger partial charge in [0.15, 0.2) is 17.8 Å². The van der Waals surface area contributed by atoms with Gasteiger partial charge in [-0.15, -0.1) is 0 Å². The summed E-state index contributed by atoms with van der Waals surface area (Å²) in [5.74, 6) is 1.49. The van der Waals surface area contributed by atoms with E-state index in [9.17, 15) is 29.2 Å². The van der Waals surface area contributed by atoms with Crippen LogP contribution in [0.2, 0.25) is 0 Å². The third kappa shape index (κ3) is 12.5. The molecule has 2 fully saturated rings. The molecule has 4 aromatic heterocycles. The number of aliphatic hydroxyl groups is 1. The van der Waals surface area contributed by atoms with Crippen molar-refractivity contribution in [1.82, 2.24) is 59.7 Å². The smallest absolute Gasteiger partial charge is 0.251 e. The average molecular weight is 945 g/mol. The fourth-order valence-corrected chi connectivity index (χ4v) is 7.21. The van der Waals surface area contributed by atoms with Crippen LogP contribution in [0.4, 0.5) is 32.1 Å². The number of carbonyl (C=O) groups is 1. The fraction of sp³-hybridized carbons (Fsp3) is 0.426. The Morgan fingerprint density at radius 1 is 0.783 bits per heavy atom. The number of rotatable bonds is 11. The Labute approximate surface area is 397 Å². The molecule has 69 heavy (non-hydrogen) atoms. The summed E-state index contributed by atoms with van der Waals surface area (Å²) in [5.41, 5.74) is 2.86. The van der Waals surface area contributed by atoms with Gasteiger partial charge in [-0.1, -0.05) is 0 Å². The minimum Gasteiger partial charge on any atom is -0.486 e. The van der Waals surface area contributed by atoms with Gasteiger partial charge in [-0.3, -0.25) is 14.2 Å². The van der Waals surface area contributed by atoms with Gasteiger partial charge in [0, 0.05) is 43.0 Å². The van der Waals surface area contributed by atoms with Crippen molar-refractivity contribution in [3.63, 3.8) is 0 Å². The first-order chi connectivity index (χ1) is 32.9. The van der Waals surface area contributed by atoms with E-state index in [0.29, 0.717) is 59.0 Å². The lowest BCUT2D eigenvalue weighted by Gasteiger charge is -2.35. The van der Waals surface area contributed by atoms with Crippen LogP contribution >= 0.6 is 0 Å². The number of nitrogens with one attached hydrogen (secondary N) is 3. The summed E-state index contributed by atoms with van der Waals surface area (Å²) in [4.78, 5) is 38.9. The third-order valence-corrected chi connectivity index (χ3v) is 11.0.